The number of hydrogen-bond acceptors (Lipinski definition) is 4. The van der Waals surface area contributed by atoms with Crippen LogP contribution in [0.3, 0.4) is 0 Å². The van der Waals surface area contributed by atoms with Crippen molar-refractivity contribution in [2.75, 3.05) is 6.54 Å². The van der Waals surface area contributed by atoms with Crippen LogP contribution in [0, 0.1) is 0 Å². The minimum atomic E-state index is -0.235. The fraction of sp³-hybridized carbons (Fsp3) is 0.429. The summed E-state index contributed by atoms with van der Waals surface area (Å²) in [6.45, 7) is 2.66. The van der Waals surface area contributed by atoms with Crippen LogP contribution in [0.15, 0.2) is 10.6 Å². The van der Waals surface area contributed by atoms with Gasteiger partial charge in [0.2, 0.25) is 0 Å². The highest BCUT2D eigenvalue weighted by molar-refractivity contribution is 5.92. The molecule has 1 aromatic heterocycles. The van der Waals surface area contributed by atoms with E-state index in [1.807, 2.05) is 6.92 Å². The quantitative estimate of drug-likeness (QED) is 0.661. The Kier molecular flexibility index (Phi) is 2.82. The fourth-order valence-electron chi connectivity index (χ4n) is 0.767. The van der Waals surface area contributed by atoms with E-state index < -0.39 is 0 Å². The summed E-state index contributed by atoms with van der Waals surface area (Å²) in [4.78, 5) is 11.1. The average Bonchev–Trinajstić information content (AvgIpc) is 2.52. The first kappa shape index (κ1) is 8.73. The summed E-state index contributed by atoms with van der Waals surface area (Å²) in [6.07, 6.45) is 0. The van der Waals surface area contributed by atoms with Crippen molar-refractivity contribution in [2.45, 2.75) is 13.5 Å². The second-order valence-corrected chi connectivity index (χ2v) is 2.24. The van der Waals surface area contributed by atoms with Gasteiger partial charge in [-0.1, -0.05) is 5.16 Å². The third-order valence-electron chi connectivity index (χ3n) is 1.33. The number of hydrogen-bond donors (Lipinski definition) is 2. The predicted octanol–water partition coefficient (Wildman–Crippen LogP) is -0.117. The molecule has 1 amide bonds. The molecule has 0 fully saturated rings. The summed E-state index contributed by atoms with van der Waals surface area (Å²) in [7, 11) is 0. The number of carbonyl (C=O) groups excluding carboxylic acids is 1. The van der Waals surface area contributed by atoms with Crippen LogP contribution >= 0.6 is 0 Å². The molecular weight excluding hydrogens is 158 g/mol. The second kappa shape index (κ2) is 3.87. The van der Waals surface area contributed by atoms with Gasteiger partial charge in [0.1, 0.15) is 0 Å². The molecule has 12 heavy (non-hydrogen) atoms. The maximum Gasteiger partial charge on any atom is 0.273 e. The zero-order valence-electron chi connectivity index (χ0n) is 6.83. The van der Waals surface area contributed by atoms with Crippen molar-refractivity contribution in [3.05, 3.63) is 17.5 Å². The molecule has 3 N–H and O–H groups in total. The standard InChI is InChI=1S/C7H11N3O2/c1-2-9-7(11)6-3-5(4-8)12-10-6/h3H,2,4,8H2,1H3,(H,9,11). The Morgan fingerprint density at radius 1 is 1.83 bits per heavy atom. The lowest BCUT2D eigenvalue weighted by atomic mass is 10.3. The summed E-state index contributed by atoms with van der Waals surface area (Å²) in [5.41, 5.74) is 5.55. The van der Waals surface area contributed by atoms with E-state index in [1.54, 1.807) is 0 Å². The summed E-state index contributed by atoms with van der Waals surface area (Å²) >= 11 is 0. The Morgan fingerprint density at radius 2 is 2.58 bits per heavy atom. The Labute approximate surface area is 69.9 Å². The monoisotopic (exact) mass is 169 g/mol. The molecule has 5 nitrogen and oxygen atoms in total. The molecule has 1 heterocycles. The maximum absolute atomic E-state index is 11.1. The number of nitrogens with one attached hydrogen (secondary N) is 1. The van der Waals surface area contributed by atoms with E-state index in [1.165, 1.54) is 6.07 Å². The lowest BCUT2D eigenvalue weighted by molar-refractivity contribution is 0.0946. The van der Waals surface area contributed by atoms with Crippen LogP contribution in [-0.2, 0) is 6.54 Å². The molecule has 0 bridgehead atoms. The smallest absolute Gasteiger partial charge is 0.273 e. The Balaban J connectivity index is 2.68. The molecule has 0 aliphatic rings. The first-order chi connectivity index (χ1) is 5.77. The van der Waals surface area contributed by atoms with Crippen molar-refractivity contribution in [1.82, 2.24) is 10.5 Å². The first-order valence-electron chi connectivity index (χ1n) is 3.71. The minimum Gasteiger partial charge on any atom is -0.359 e. The molecule has 1 rings (SSSR count). The third-order valence-corrected chi connectivity index (χ3v) is 1.33. The molecule has 0 saturated heterocycles. The maximum atomic E-state index is 11.1. The van der Waals surface area contributed by atoms with Gasteiger partial charge in [0.25, 0.3) is 5.91 Å². The predicted molar refractivity (Wildman–Crippen MR) is 42.4 cm³/mol. The van der Waals surface area contributed by atoms with E-state index in [-0.39, 0.29) is 18.1 Å². The molecule has 0 atom stereocenters. The van der Waals surface area contributed by atoms with Gasteiger partial charge in [0, 0.05) is 12.6 Å². The highest BCUT2D eigenvalue weighted by Crippen LogP contribution is 2.01. The molecule has 0 saturated carbocycles. The van der Waals surface area contributed by atoms with E-state index in [4.69, 9.17) is 10.3 Å². The van der Waals surface area contributed by atoms with Crippen LogP contribution in [0.5, 0.6) is 0 Å². The van der Waals surface area contributed by atoms with Crippen LogP contribution in [0.25, 0.3) is 0 Å². The summed E-state index contributed by atoms with van der Waals surface area (Å²) in [5.74, 6) is 0.275. The van der Waals surface area contributed by atoms with Gasteiger partial charge in [-0.2, -0.15) is 0 Å². The SMILES string of the molecule is CCNC(=O)c1cc(CN)on1. The topological polar surface area (TPSA) is 81.2 Å². The van der Waals surface area contributed by atoms with Gasteiger partial charge < -0.3 is 15.6 Å². The molecule has 0 aliphatic carbocycles. The lowest BCUT2D eigenvalue weighted by Crippen LogP contribution is -2.22. The zero-order chi connectivity index (χ0) is 8.97. The van der Waals surface area contributed by atoms with Gasteiger partial charge in [-0.15, -0.1) is 0 Å². The Bertz CT molecular complexity index is 269. The van der Waals surface area contributed by atoms with Gasteiger partial charge in [-0.25, -0.2) is 0 Å². The van der Waals surface area contributed by atoms with E-state index in [9.17, 15) is 4.79 Å². The molecule has 0 aliphatic heterocycles. The van der Waals surface area contributed by atoms with Crippen molar-refractivity contribution >= 4 is 5.91 Å². The average molecular weight is 169 g/mol. The van der Waals surface area contributed by atoms with E-state index >= 15 is 0 Å². The number of aromatic nitrogens is 1. The number of carbonyl (C=O) groups is 1. The number of nitrogens with two attached hydrogens (primary N) is 1. The highest BCUT2D eigenvalue weighted by atomic mass is 16.5. The second-order valence-electron chi connectivity index (χ2n) is 2.24. The Morgan fingerprint density at radius 3 is 3.08 bits per heavy atom. The van der Waals surface area contributed by atoms with Gasteiger partial charge in [-0.05, 0) is 6.92 Å². The lowest BCUT2D eigenvalue weighted by Gasteiger charge is -1.94. The van der Waals surface area contributed by atoms with Gasteiger partial charge in [0.05, 0.1) is 6.54 Å². The molecule has 1 aromatic rings. The molecule has 0 unspecified atom stereocenters. The van der Waals surface area contributed by atoms with Crippen molar-refractivity contribution in [2.24, 2.45) is 5.73 Å². The molecule has 5 heteroatoms. The summed E-state index contributed by atoms with van der Waals surface area (Å²) in [6, 6.07) is 1.53. The van der Waals surface area contributed by atoms with Crippen LogP contribution in [0.1, 0.15) is 23.2 Å². The van der Waals surface area contributed by atoms with Crippen molar-refractivity contribution in [1.29, 1.82) is 0 Å². The summed E-state index contributed by atoms with van der Waals surface area (Å²) < 4.78 is 4.75. The summed E-state index contributed by atoms with van der Waals surface area (Å²) in [5, 5.41) is 6.14. The molecular formula is C7H11N3O2. The largest absolute Gasteiger partial charge is 0.359 e. The number of rotatable bonds is 3. The molecule has 0 radical (unpaired) electrons. The highest BCUT2D eigenvalue weighted by Gasteiger charge is 2.09. The minimum absolute atomic E-state index is 0.235. The third kappa shape index (κ3) is 1.82. The van der Waals surface area contributed by atoms with E-state index in [0.29, 0.717) is 12.3 Å². The van der Waals surface area contributed by atoms with Gasteiger partial charge >= 0.3 is 0 Å². The van der Waals surface area contributed by atoms with Crippen molar-refractivity contribution < 1.29 is 9.32 Å². The van der Waals surface area contributed by atoms with Crippen LogP contribution in [-0.4, -0.2) is 17.6 Å². The van der Waals surface area contributed by atoms with Crippen molar-refractivity contribution in [3.63, 3.8) is 0 Å². The van der Waals surface area contributed by atoms with Crippen LogP contribution in [0.2, 0.25) is 0 Å². The van der Waals surface area contributed by atoms with Gasteiger partial charge in [-0.3, -0.25) is 4.79 Å². The van der Waals surface area contributed by atoms with Crippen molar-refractivity contribution in [3.8, 4) is 0 Å². The molecule has 0 aromatic carbocycles. The Hall–Kier alpha value is -1.36. The normalized spacial score (nSPS) is 9.83. The number of amides is 1. The molecule has 0 spiro atoms. The fourth-order valence-corrected chi connectivity index (χ4v) is 0.767. The zero-order valence-corrected chi connectivity index (χ0v) is 6.83. The number of nitrogens with zero attached hydrogens (tertiary/aromatic N) is 1. The van der Waals surface area contributed by atoms with E-state index in [0.717, 1.165) is 0 Å². The first-order valence-corrected chi connectivity index (χ1v) is 3.71. The van der Waals surface area contributed by atoms with Crippen LogP contribution in [0.4, 0.5) is 0 Å². The molecule has 66 valence electrons. The van der Waals surface area contributed by atoms with Gasteiger partial charge in [0.15, 0.2) is 11.5 Å². The van der Waals surface area contributed by atoms with E-state index in [2.05, 4.69) is 10.5 Å². The van der Waals surface area contributed by atoms with Crippen LogP contribution < -0.4 is 11.1 Å².